The number of hydrogen-bond acceptors (Lipinski definition) is 6. The lowest BCUT2D eigenvalue weighted by molar-refractivity contribution is -0.136. The van der Waals surface area contributed by atoms with E-state index in [0.717, 1.165) is 74.6 Å². The molecule has 170 valence electrons. The molecule has 0 unspecified atom stereocenters. The van der Waals surface area contributed by atoms with Crippen LogP contribution in [0.3, 0.4) is 0 Å². The zero-order valence-corrected chi connectivity index (χ0v) is 18.6. The molecule has 2 aliphatic heterocycles. The van der Waals surface area contributed by atoms with E-state index in [1.54, 1.807) is 0 Å². The molecule has 0 saturated carbocycles. The third-order valence-corrected chi connectivity index (χ3v) is 6.97. The van der Waals surface area contributed by atoms with Crippen LogP contribution in [0.1, 0.15) is 56.7 Å². The summed E-state index contributed by atoms with van der Waals surface area (Å²) in [6.45, 7) is 3.16. The summed E-state index contributed by atoms with van der Waals surface area (Å²) in [4.78, 5) is 27.1. The zero-order chi connectivity index (χ0) is 21.9. The first-order chi connectivity index (χ1) is 15.8. The van der Waals surface area contributed by atoms with Crippen LogP contribution < -0.4 is 4.90 Å². The van der Waals surface area contributed by atoms with E-state index >= 15 is 0 Å². The number of aliphatic hydroxyl groups is 1. The predicted molar refractivity (Wildman–Crippen MR) is 122 cm³/mol. The number of aliphatic hydroxyl groups excluding tert-OH is 1. The van der Waals surface area contributed by atoms with Gasteiger partial charge in [-0.25, -0.2) is 9.97 Å². The summed E-state index contributed by atoms with van der Waals surface area (Å²) in [5.74, 6) is 1.08. The van der Waals surface area contributed by atoms with Gasteiger partial charge in [0.1, 0.15) is 0 Å². The van der Waals surface area contributed by atoms with Crippen molar-refractivity contribution in [2.24, 2.45) is 5.92 Å². The number of amides is 1. The van der Waals surface area contributed by atoms with Crippen molar-refractivity contribution < 1.29 is 9.90 Å². The molecule has 3 aliphatic rings. The second-order valence-corrected chi connectivity index (χ2v) is 9.00. The lowest BCUT2D eigenvalue weighted by Gasteiger charge is -2.30. The molecular formula is C24H32N6O2. The molecule has 1 N–H and O–H groups in total. The second kappa shape index (κ2) is 9.40. The SMILES string of the molecule is O=C([C@H]1CC=CCC1)N1CCC[C@H]1c1c(-c2ccnc(N3CCCC3)n2)cnn1CCO. The number of carbonyl (C=O) groups is 1. The van der Waals surface area contributed by atoms with Gasteiger partial charge in [-0.15, -0.1) is 0 Å². The summed E-state index contributed by atoms with van der Waals surface area (Å²) < 4.78 is 1.87. The Morgan fingerprint density at radius 3 is 2.78 bits per heavy atom. The minimum Gasteiger partial charge on any atom is -0.394 e. The van der Waals surface area contributed by atoms with E-state index in [0.29, 0.717) is 6.54 Å². The smallest absolute Gasteiger partial charge is 0.226 e. The lowest BCUT2D eigenvalue weighted by Crippen LogP contribution is -2.37. The number of likely N-dealkylation sites (tertiary alicyclic amines) is 1. The Balaban J connectivity index is 1.49. The summed E-state index contributed by atoms with van der Waals surface area (Å²) in [5.41, 5.74) is 2.76. The van der Waals surface area contributed by atoms with Crippen molar-refractivity contribution >= 4 is 11.9 Å². The molecule has 2 saturated heterocycles. The normalized spacial score (nSPS) is 23.3. The van der Waals surface area contributed by atoms with Gasteiger partial charge in [0, 0.05) is 37.3 Å². The number of hydrogen-bond donors (Lipinski definition) is 1. The molecule has 0 spiro atoms. The van der Waals surface area contributed by atoms with Crippen LogP contribution in [0, 0.1) is 5.92 Å². The predicted octanol–water partition coefficient (Wildman–Crippen LogP) is 2.95. The average molecular weight is 437 g/mol. The Kier molecular flexibility index (Phi) is 6.21. The number of aromatic nitrogens is 4. The Hall–Kier alpha value is -2.74. The number of nitrogens with zero attached hydrogens (tertiary/aromatic N) is 6. The third kappa shape index (κ3) is 4.03. The van der Waals surface area contributed by atoms with Gasteiger partial charge in [0.2, 0.25) is 11.9 Å². The van der Waals surface area contributed by atoms with Gasteiger partial charge < -0.3 is 14.9 Å². The first-order valence-electron chi connectivity index (χ1n) is 12.0. The molecule has 1 amide bonds. The van der Waals surface area contributed by atoms with Gasteiger partial charge in [0.05, 0.1) is 36.8 Å². The summed E-state index contributed by atoms with van der Waals surface area (Å²) in [6, 6.07) is 1.89. The molecule has 0 aromatic carbocycles. The average Bonchev–Trinajstić information content (AvgIpc) is 3.60. The van der Waals surface area contributed by atoms with E-state index in [4.69, 9.17) is 4.98 Å². The number of carbonyl (C=O) groups excluding carboxylic acids is 1. The van der Waals surface area contributed by atoms with E-state index in [-0.39, 0.29) is 24.5 Å². The Bertz CT molecular complexity index is 981. The Labute approximate surface area is 189 Å². The molecule has 0 bridgehead atoms. The van der Waals surface area contributed by atoms with Crippen molar-refractivity contribution in [1.29, 1.82) is 0 Å². The first kappa shape index (κ1) is 21.1. The van der Waals surface area contributed by atoms with Crippen molar-refractivity contribution in [3.63, 3.8) is 0 Å². The van der Waals surface area contributed by atoms with Crippen LogP contribution in [-0.2, 0) is 11.3 Å². The number of anilines is 1. The molecule has 0 radical (unpaired) electrons. The van der Waals surface area contributed by atoms with E-state index < -0.39 is 0 Å². The molecule has 8 nitrogen and oxygen atoms in total. The van der Waals surface area contributed by atoms with Crippen molar-refractivity contribution in [2.75, 3.05) is 31.1 Å². The minimum absolute atomic E-state index is 0.00497. The van der Waals surface area contributed by atoms with Crippen LogP contribution in [0.15, 0.2) is 30.6 Å². The maximum Gasteiger partial charge on any atom is 0.226 e. The van der Waals surface area contributed by atoms with Crippen molar-refractivity contribution in [1.82, 2.24) is 24.6 Å². The molecule has 2 aromatic heterocycles. The molecule has 2 fully saturated rings. The summed E-state index contributed by atoms with van der Waals surface area (Å²) in [7, 11) is 0. The standard InChI is InChI=1S/C24H32N6O2/c31-16-15-30-22(21-9-6-14-29(21)23(32)18-7-2-1-3-8-18)19(17-26-30)20-10-11-25-24(27-20)28-12-4-5-13-28/h1-2,10-11,17-18,21,31H,3-9,12-16H2/t18-,21-/m0/s1. The molecule has 8 heteroatoms. The van der Waals surface area contributed by atoms with Crippen molar-refractivity contribution in [3.8, 4) is 11.3 Å². The first-order valence-corrected chi connectivity index (χ1v) is 12.0. The quantitative estimate of drug-likeness (QED) is 0.701. The van der Waals surface area contributed by atoms with Crippen LogP contribution >= 0.6 is 0 Å². The molecule has 32 heavy (non-hydrogen) atoms. The zero-order valence-electron chi connectivity index (χ0n) is 18.6. The third-order valence-electron chi connectivity index (χ3n) is 6.97. The lowest BCUT2D eigenvalue weighted by atomic mass is 9.92. The highest BCUT2D eigenvalue weighted by Gasteiger charge is 2.37. The number of allylic oxidation sites excluding steroid dienone is 2. The highest BCUT2D eigenvalue weighted by molar-refractivity contribution is 5.80. The summed E-state index contributed by atoms with van der Waals surface area (Å²) in [6.07, 6.45) is 14.9. The minimum atomic E-state index is -0.0392. The van der Waals surface area contributed by atoms with E-state index in [1.165, 1.54) is 12.8 Å². The molecule has 4 heterocycles. The fraction of sp³-hybridized carbons (Fsp3) is 0.583. The Morgan fingerprint density at radius 2 is 2.00 bits per heavy atom. The van der Waals surface area contributed by atoms with Crippen molar-refractivity contribution in [2.45, 2.75) is 57.5 Å². The van der Waals surface area contributed by atoms with Crippen LogP contribution in [0.2, 0.25) is 0 Å². The topological polar surface area (TPSA) is 87.4 Å². The summed E-state index contributed by atoms with van der Waals surface area (Å²) in [5, 5.41) is 14.2. The van der Waals surface area contributed by atoms with Crippen LogP contribution in [0.4, 0.5) is 5.95 Å². The molecule has 2 atom stereocenters. The van der Waals surface area contributed by atoms with Gasteiger partial charge in [0.15, 0.2) is 0 Å². The summed E-state index contributed by atoms with van der Waals surface area (Å²) >= 11 is 0. The van der Waals surface area contributed by atoms with E-state index in [2.05, 4.69) is 32.0 Å². The maximum atomic E-state index is 13.4. The van der Waals surface area contributed by atoms with Gasteiger partial charge in [-0.1, -0.05) is 12.2 Å². The highest BCUT2D eigenvalue weighted by atomic mass is 16.3. The monoisotopic (exact) mass is 436 g/mol. The Morgan fingerprint density at radius 1 is 1.12 bits per heavy atom. The molecule has 5 rings (SSSR count). The largest absolute Gasteiger partial charge is 0.394 e. The van der Waals surface area contributed by atoms with Gasteiger partial charge >= 0.3 is 0 Å². The van der Waals surface area contributed by atoms with Crippen molar-refractivity contribution in [3.05, 3.63) is 36.3 Å². The highest BCUT2D eigenvalue weighted by Crippen LogP contribution is 2.39. The fourth-order valence-corrected chi connectivity index (χ4v) is 5.35. The van der Waals surface area contributed by atoms with E-state index in [9.17, 15) is 9.90 Å². The van der Waals surface area contributed by atoms with Gasteiger partial charge in [-0.3, -0.25) is 9.48 Å². The molecule has 1 aliphatic carbocycles. The van der Waals surface area contributed by atoms with Gasteiger partial charge in [0.25, 0.3) is 0 Å². The molecular weight excluding hydrogens is 404 g/mol. The maximum absolute atomic E-state index is 13.4. The van der Waals surface area contributed by atoms with E-state index in [1.807, 2.05) is 23.1 Å². The second-order valence-electron chi connectivity index (χ2n) is 9.00. The van der Waals surface area contributed by atoms with Gasteiger partial charge in [-0.2, -0.15) is 5.10 Å². The van der Waals surface area contributed by atoms with Gasteiger partial charge in [-0.05, 0) is 51.0 Å². The van der Waals surface area contributed by atoms with Crippen LogP contribution in [0.25, 0.3) is 11.3 Å². The van der Waals surface area contributed by atoms with Crippen LogP contribution in [-0.4, -0.2) is 61.9 Å². The van der Waals surface area contributed by atoms with Crippen LogP contribution in [0.5, 0.6) is 0 Å². The fourth-order valence-electron chi connectivity index (χ4n) is 5.35. The number of rotatable bonds is 6. The molecule has 2 aromatic rings.